The third-order valence-electron chi connectivity index (χ3n) is 2.98. The third kappa shape index (κ3) is 4.94. The normalized spacial score (nSPS) is 12.1. The fourth-order valence-electron chi connectivity index (χ4n) is 2.03. The summed E-state index contributed by atoms with van der Waals surface area (Å²) in [4.78, 5) is 22.3. The lowest BCUT2D eigenvalue weighted by Gasteiger charge is -2.14. The van der Waals surface area contributed by atoms with Crippen molar-refractivity contribution >= 4 is 11.6 Å². The summed E-state index contributed by atoms with van der Waals surface area (Å²) < 4.78 is 0. The van der Waals surface area contributed by atoms with Crippen molar-refractivity contribution in [2.45, 2.75) is 45.4 Å². The molecule has 0 saturated heterocycles. The van der Waals surface area contributed by atoms with Crippen LogP contribution in [-0.2, 0) is 9.59 Å². The zero-order chi connectivity index (χ0) is 12.7. The van der Waals surface area contributed by atoms with E-state index in [2.05, 4.69) is 19.1 Å². The Kier molecular flexibility index (Phi) is 5.61. The summed E-state index contributed by atoms with van der Waals surface area (Å²) in [5.41, 5.74) is 1.28. The minimum absolute atomic E-state index is 0.0391. The number of hydrogen-bond acceptors (Lipinski definition) is 2. The van der Waals surface area contributed by atoms with Crippen molar-refractivity contribution in [3.63, 3.8) is 0 Å². The summed E-state index contributed by atoms with van der Waals surface area (Å²) in [5, 5.41) is 0. The lowest BCUT2D eigenvalue weighted by molar-refractivity contribution is -0.125. The van der Waals surface area contributed by atoms with Gasteiger partial charge in [-0.15, -0.1) is 0 Å². The lowest BCUT2D eigenvalue weighted by atomic mass is 9.90. The van der Waals surface area contributed by atoms with Crippen LogP contribution in [0.15, 0.2) is 30.3 Å². The van der Waals surface area contributed by atoms with E-state index in [1.54, 1.807) is 0 Å². The van der Waals surface area contributed by atoms with E-state index in [-0.39, 0.29) is 18.0 Å². The molecule has 1 unspecified atom stereocenters. The lowest BCUT2D eigenvalue weighted by Crippen LogP contribution is -2.07. The van der Waals surface area contributed by atoms with E-state index in [9.17, 15) is 9.59 Å². The monoisotopic (exact) mass is 232 g/mol. The first kappa shape index (κ1) is 13.6. The van der Waals surface area contributed by atoms with Crippen molar-refractivity contribution in [3.8, 4) is 0 Å². The molecule has 0 bridgehead atoms. The smallest absolute Gasteiger partial charge is 0.140 e. The average molecular weight is 232 g/mol. The van der Waals surface area contributed by atoms with Crippen LogP contribution in [0.1, 0.15) is 51.0 Å². The van der Waals surface area contributed by atoms with E-state index < -0.39 is 0 Å². The molecule has 0 aliphatic heterocycles. The van der Waals surface area contributed by atoms with Gasteiger partial charge in [-0.3, -0.25) is 9.59 Å². The Morgan fingerprint density at radius 3 is 2.35 bits per heavy atom. The second kappa shape index (κ2) is 7.00. The van der Waals surface area contributed by atoms with Crippen LogP contribution in [0.2, 0.25) is 0 Å². The molecule has 0 saturated carbocycles. The Labute approximate surface area is 103 Å². The third-order valence-corrected chi connectivity index (χ3v) is 2.98. The molecule has 2 nitrogen and oxygen atoms in total. The molecular formula is C15H20O2. The molecule has 0 aliphatic carbocycles. The van der Waals surface area contributed by atoms with E-state index in [1.807, 2.05) is 18.2 Å². The Morgan fingerprint density at radius 1 is 1.18 bits per heavy atom. The van der Waals surface area contributed by atoms with Crippen LogP contribution >= 0.6 is 0 Å². The molecule has 1 aromatic carbocycles. The first-order valence-electron chi connectivity index (χ1n) is 6.19. The molecule has 0 heterocycles. The van der Waals surface area contributed by atoms with Gasteiger partial charge in [-0.2, -0.15) is 0 Å². The Balaban J connectivity index is 2.49. The maximum absolute atomic E-state index is 11.5. The zero-order valence-corrected chi connectivity index (χ0v) is 10.6. The molecule has 0 aliphatic rings. The van der Waals surface area contributed by atoms with Crippen LogP contribution in [0.25, 0.3) is 0 Å². The van der Waals surface area contributed by atoms with Crippen LogP contribution in [0.3, 0.4) is 0 Å². The van der Waals surface area contributed by atoms with Gasteiger partial charge in [0, 0.05) is 6.42 Å². The largest absolute Gasteiger partial charge is 0.300 e. The Bertz CT molecular complexity index is 368. The standard InChI is InChI=1S/C15H20O2/c1-3-13(14-7-5-4-6-8-14)9-10-15(17)11-12(2)16/h4-8,13H,3,9-11H2,1-2H3. The molecule has 0 amide bonds. The maximum atomic E-state index is 11.5. The van der Waals surface area contributed by atoms with Gasteiger partial charge in [0.05, 0.1) is 6.42 Å². The molecule has 0 aromatic heterocycles. The quantitative estimate of drug-likeness (QED) is 0.674. The number of carbonyl (C=O) groups excluding carboxylic acids is 2. The van der Waals surface area contributed by atoms with Crippen molar-refractivity contribution < 1.29 is 9.59 Å². The number of hydrogen-bond donors (Lipinski definition) is 0. The summed E-state index contributed by atoms with van der Waals surface area (Å²) in [5.74, 6) is 0.446. The van der Waals surface area contributed by atoms with Gasteiger partial charge in [0.2, 0.25) is 0 Å². The van der Waals surface area contributed by atoms with Crippen LogP contribution in [0, 0.1) is 0 Å². The maximum Gasteiger partial charge on any atom is 0.140 e. The molecule has 1 aromatic rings. The van der Waals surface area contributed by atoms with Gasteiger partial charge in [-0.1, -0.05) is 37.3 Å². The minimum atomic E-state index is -0.0391. The topological polar surface area (TPSA) is 34.1 Å². The average Bonchev–Trinajstić information content (AvgIpc) is 2.30. The second-order valence-electron chi connectivity index (χ2n) is 4.47. The Hall–Kier alpha value is -1.44. The molecule has 2 heteroatoms. The summed E-state index contributed by atoms with van der Waals surface area (Å²) in [6.07, 6.45) is 2.46. The first-order valence-corrected chi connectivity index (χ1v) is 6.19. The van der Waals surface area contributed by atoms with E-state index in [0.717, 1.165) is 12.8 Å². The van der Waals surface area contributed by atoms with Crippen LogP contribution < -0.4 is 0 Å². The number of carbonyl (C=O) groups is 2. The molecule has 0 N–H and O–H groups in total. The number of benzene rings is 1. The molecular weight excluding hydrogens is 212 g/mol. The van der Waals surface area contributed by atoms with Gasteiger partial charge >= 0.3 is 0 Å². The van der Waals surface area contributed by atoms with Crippen molar-refractivity contribution in [2.24, 2.45) is 0 Å². The number of Topliss-reactive ketones (excluding diaryl/α,β-unsaturated/α-hetero) is 2. The molecule has 0 radical (unpaired) electrons. The highest BCUT2D eigenvalue weighted by Gasteiger charge is 2.12. The summed E-state index contributed by atoms with van der Waals surface area (Å²) >= 11 is 0. The van der Waals surface area contributed by atoms with Crippen molar-refractivity contribution in [3.05, 3.63) is 35.9 Å². The van der Waals surface area contributed by atoms with Gasteiger partial charge in [-0.05, 0) is 31.2 Å². The molecule has 92 valence electrons. The van der Waals surface area contributed by atoms with Crippen LogP contribution in [-0.4, -0.2) is 11.6 Å². The van der Waals surface area contributed by atoms with E-state index in [4.69, 9.17) is 0 Å². The fourth-order valence-corrected chi connectivity index (χ4v) is 2.03. The van der Waals surface area contributed by atoms with Gasteiger partial charge < -0.3 is 0 Å². The molecule has 17 heavy (non-hydrogen) atoms. The van der Waals surface area contributed by atoms with E-state index in [1.165, 1.54) is 12.5 Å². The van der Waals surface area contributed by atoms with Gasteiger partial charge in [-0.25, -0.2) is 0 Å². The van der Waals surface area contributed by atoms with Crippen LogP contribution in [0.5, 0.6) is 0 Å². The number of ketones is 2. The minimum Gasteiger partial charge on any atom is -0.300 e. The highest BCUT2D eigenvalue weighted by Crippen LogP contribution is 2.24. The molecule has 1 atom stereocenters. The fraction of sp³-hybridized carbons (Fsp3) is 0.467. The van der Waals surface area contributed by atoms with Crippen molar-refractivity contribution in [2.75, 3.05) is 0 Å². The molecule has 0 fully saturated rings. The zero-order valence-electron chi connectivity index (χ0n) is 10.6. The highest BCUT2D eigenvalue weighted by molar-refractivity contribution is 5.97. The van der Waals surface area contributed by atoms with Gasteiger partial charge in [0.1, 0.15) is 11.6 Å². The molecule has 0 spiro atoms. The number of rotatable bonds is 7. The predicted molar refractivity (Wildman–Crippen MR) is 69.0 cm³/mol. The van der Waals surface area contributed by atoms with Gasteiger partial charge in [0.25, 0.3) is 0 Å². The predicted octanol–water partition coefficient (Wildman–Crippen LogP) is 3.51. The summed E-state index contributed by atoms with van der Waals surface area (Å²) in [6, 6.07) is 10.2. The van der Waals surface area contributed by atoms with Crippen molar-refractivity contribution in [1.29, 1.82) is 0 Å². The Morgan fingerprint density at radius 2 is 1.82 bits per heavy atom. The highest BCUT2D eigenvalue weighted by atomic mass is 16.1. The summed E-state index contributed by atoms with van der Waals surface area (Å²) in [6.45, 7) is 3.60. The van der Waals surface area contributed by atoms with Crippen molar-refractivity contribution in [1.82, 2.24) is 0 Å². The summed E-state index contributed by atoms with van der Waals surface area (Å²) in [7, 11) is 0. The van der Waals surface area contributed by atoms with Gasteiger partial charge in [0.15, 0.2) is 0 Å². The molecule has 1 rings (SSSR count). The first-order chi connectivity index (χ1) is 8.13. The second-order valence-corrected chi connectivity index (χ2v) is 4.47. The van der Waals surface area contributed by atoms with E-state index >= 15 is 0 Å². The van der Waals surface area contributed by atoms with Crippen LogP contribution in [0.4, 0.5) is 0 Å². The SMILES string of the molecule is CCC(CCC(=O)CC(C)=O)c1ccccc1. The van der Waals surface area contributed by atoms with E-state index in [0.29, 0.717) is 12.3 Å².